The standard InChI is InChI=1S/C14H17F2NO2/c1-19-9-10-4-5-17(7-10)8-14(18)12-3-2-11(15)6-13(12)16/h2-3,6,10H,4-5,7-9H2,1H3. The van der Waals surface area contributed by atoms with Gasteiger partial charge in [0, 0.05) is 19.7 Å². The van der Waals surface area contributed by atoms with E-state index in [9.17, 15) is 13.6 Å². The van der Waals surface area contributed by atoms with Gasteiger partial charge in [0.25, 0.3) is 0 Å². The van der Waals surface area contributed by atoms with Gasteiger partial charge >= 0.3 is 0 Å². The molecule has 1 aliphatic heterocycles. The number of ketones is 1. The maximum Gasteiger partial charge on any atom is 0.179 e. The van der Waals surface area contributed by atoms with E-state index in [1.165, 1.54) is 6.07 Å². The lowest BCUT2D eigenvalue weighted by atomic mass is 10.1. The molecule has 104 valence electrons. The second-order valence-corrected chi connectivity index (χ2v) is 4.89. The van der Waals surface area contributed by atoms with Crippen molar-refractivity contribution in [3.05, 3.63) is 35.4 Å². The Bertz CT molecular complexity index is 465. The molecule has 0 amide bonds. The second-order valence-electron chi connectivity index (χ2n) is 4.89. The van der Waals surface area contributed by atoms with Crippen LogP contribution in [-0.2, 0) is 4.74 Å². The third kappa shape index (κ3) is 3.58. The van der Waals surface area contributed by atoms with E-state index >= 15 is 0 Å². The summed E-state index contributed by atoms with van der Waals surface area (Å²) in [7, 11) is 1.65. The normalized spacial score (nSPS) is 19.8. The number of carbonyl (C=O) groups is 1. The van der Waals surface area contributed by atoms with Crippen LogP contribution in [0.2, 0.25) is 0 Å². The molecule has 1 atom stereocenters. The SMILES string of the molecule is COCC1CCN(CC(=O)c2ccc(F)cc2F)C1. The molecule has 0 bridgehead atoms. The average Bonchev–Trinajstić information content (AvgIpc) is 2.76. The predicted molar refractivity (Wildman–Crippen MR) is 67.1 cm³/mol. The van der Waals surface area contributed by atoms with Gasteiger partial charge in [-0.2, -0.15) is 0 Å². The van der Waals surface area contributed by atoms with E-state index in [-0.39, 0.29) is 17.9 Å². The van der Waals surface area contributed by atoms with E-state index < -0.39 is 11.6 Å². The van der Waals surface area contributed by atoms with Crippen LogP contribution < -0.4 is 0 Å². The Hall–Kier alpha value is -1.33. The fraction of sp³-hybridized carbons (Fsp3) is 0.500. The molecule has 1 fully saturated rings. The topological polar surface area (TPSA) is 29.5 Å². The third-order valence-electron chi connectivity index (χ3n) is 3.37. The van der Waals surface area contributed by atoms with E-state index in [0.29, 0.717) is 12.5 Å². The maximum absolute atomic E-state index is 13.5. The Kier molecular flexibility index (Phi) is 4.61. The highest BCUT2D eigenvalue weighted by Gasteiger charge is 2.25. The van der Waals surface area contributed by atoms with Crippen molar-refractivity contribution < 1.29 is 18.3 Å². The number of Topliss-reactive ketones (excluding diaryl/α,β-unsaturated/α-hetero) is 1. The highest BCUT2D eigenvalue weighted by Crippen LogP contribution is 2.17. The first-order valence-corrected chi connectivity index (χ1v) is 6.29. The molecule has 0 N–H and O–H groups in total. The number of nitrogens with zero attached hydrogens (tertiary/aromatic N) is 1. The third-order valence-corrected chi connectivity index (χ3v) is 3.37. The minimum absolute atomic E-state index is 0.0448. The number of hydrogen-bond donors (Lipinski definition) is 0. The van der Waals surface area contributed by atoms with Crippen LogP contribution in [0.3, 0.4) is 0 Å². The fourth-order valence-electron chi connectivity index (χ4n) is 2.43. The van der Waals surface area contributed by atoms with E-state index in [1.807, 2.05) is 4.90 Å². The molecule has 0 saturated carbocycles. The summed E-state index contributed by atoms with van der Waals surface area (Å²) in [6, 6.07) is 3.05. The van der Waals surface area contributed by atoms with Crippen molar-refractivity contribution in [2.45, 2.75) is 6.42 Å². The van der Waals surface area contributed by atoms with Crippen molar-refractivity contribution in [3.63, 3.8) is 0 Å². The molecule has 5 heteroatoms. The minimum atomic E-state index is -0.794. The molecule has 1 aromatic carbocycles. The summed E-state index contributed by atoms with van der Waals surface area (Å²) in [6.07, 6.45) is 0.979. The summed E-state index contributed by atoms with van der Waals surface area (Å²) < 4.78 is 31.3. The number of halogens is 2. The Balaban J connectivity index is 1.94. The van der Waals surface area contributed by atoms with E-state index in [1.54, 1.807) is 7.11 Å². The van der Waals surface area contributed by atoms with Crippen molar-refractivity contribution in [2.75, 3.05) is 33.4 Å². The molecule has 0 aliphatic carbocycles. The van der Waals surface area contributed by atoms with E-state index in [4.69, 9.17) is 4.74 Å². The molecule has 0 radical (unpaired) electrons. The smallest absolute Gasteiger partial charge is 0.179 e. The maximum atomic E-state index is 13.5. The molecule has 0 spiro atoms. The summed E-state index contributed by atoms with van der Waals surface area (Å²) in [5.74, 6) is -1.35. The molecule has 1 unspecified atom stereocenters. The van der Waals surface area contributed by atoms with Gasteiger partial charge in [0.05, 0.1) is 18.7 Å². The highest BCUT2D eigenvalue weighted by atomic mass is 19.1. The van der Waals surface area contributed by atoms with Crippen molar-refractivity contribution in [3.8, 4) is 0 Å². The molecule has 1 saturated heterocycles. The van der Waals surface area contributed by atoms with Crippen molar-refractivity contribution in [2.24, 2.45) is 5.92 Å². The molecule has 1 aliphatic rings. The van der Waals surface area contributed by atoms with Crippen LogP contribution in [0.25, 0.3) is 0 Å². The predicted octanol–water partition coefficient (Wildman–Crippen LogP) is 2.12. The molecule has 19 heavy (non-hydrogen) atoms. The zero-order valence-electron chi connectivity index (χ0n) is 10.9. The van der Waals surface area contributed by atoms with Crippen LogP contribution in [-0.4, -0.2) is 44.0 Å². The molecule has 1 heterocycles. The molecule has 3 nitrogen and oxygen atoms in total. The Morgan fingerprint density at radius 2 is 2.26 bits per heavy atom. The van der Waals surface area contributed by atoms with Crippen LogP contribution in [0, 0.1) is 17.6 Å². The Morgan fingerprint density at radius 3 is 2.95 bits per heavy atom. The number of ether oxygens (including phenoxy) is 1. The quantitative estimate of drug-likeness (QED) is 0.767. The van der Waals surface area contributed by atoms with E-state index in [2.05, 4.69) is 0 Å². The fourth-order valence-corrected chi connectivity index (χ4v) is 2.43. The van der Waals surface area contributed by atoms with Gasteiger partial charge in [-0.1, -0.05) is 0 Å². The number of likely N-dealkylation sites (tertiary alicyclic amines) is 1. The van der Waals surface area contributed by atoms with Gasteiger partial charge in [-0.15, -0.1) is 0 Å². The molecular weight excluding hydrogens is 252 g/mol. The number of methoxy groups -OCH3 is 1. The first-order chi connectivity index (χ1) is 9.10. The minimum Gasteiger partial charge on any atom is -0.384 e. The lowest BCUT2D eigenvalue weighted by Crippen LogP contribution is -2.28. The van der Waals surface area contributed by atoms with Crippen molar-refractivity contribution in [1.29, 1.82) is 0 Å². The van der Waals surface area contributed by atoms with Gasteiger partial charge in [-0.3, -0.25) is 9.69 Å². The zero-order valence-corrected chi connectivity index (χ0v) is 10.9. The van der Waals surface area contributed by atoms with E-state index in [0.717, 1.165) is 31.6 Å². The summed E-state index contributed by atoms with van der Waals surface area (Å²) in [5.41, 5.74) is -0.0448. The van der Waals surface area contributed by atoms with Gasteiger partial charge < -0.3 is 4.74 Å². The molecule has 0 aromatic heterocycles. The number of rotatable bonds is 5. The molecule has 2 rings (SSSR count). The van der Waals surface area contributed by atoms with Crippen LogP contribution in [0.4, 0.5) is 8.78 Å². The average molecular weight is 269 g/mol. The summed E-state index contributed by atoms with van der Waals surface area (Å²) in [4.78, 5) is 13.9. The number of hydrogen-bond acceptors (Lipinski definition) is 3. The summed E-state index contributed by atoms with van der Waals surface area (Å²) in [6.45, 7) is 2.43. The first-order valence-electron chi connectivity index (χ1n) is 6.29. The zero-order chi connectivity index (χ0) is 13.8. The lowest BCUT2D eigenvalue weighted by Gasteiger charge is -2.15. The van der Waals surface area contributed by atoms with Crippen LogP contribution in [0.1, 0.15) is 16.8 Å². The lowest BCUT2D eigenvalue weighted by molar-refractivity contribution is 0.0933. The Morgan fingerprint density at radius 1 is 1.47 bits per heavy atom. The Labute approximate surface area is 111 Å². The largest absolute Gasteiger partial charge is 0.384 e. The molecule has 1 aromatic rings. The summed E-state index contributed by atoms with van der Waals surface area (Å²) in [5, 5.41) is 0. The van der Waals surface area contributed by atoms with Crippen LogP contribution >= 0.6 is 0 Å². The van der Waals surface area contributed by atoms with Crippen molar-refractivity contribution >= 4 is 5.78 Å². The highest BCUT2D eigenvalue weighted by molar-refractivity contribution is 5.97. The monoisotopic (exact) mass is 269 g/mol. The number of benzene rings is 1. The summed E-state index contributed by atoms with van der Waals surface area (Å²) >= 11 is 0. The van der Waals surface area contributed by atoms with Gasteiger partial charge in [0.15, 0.2) is 5.78 Å². The second kappa shape index (κ2) is 6.21. The van der Waals surface area contributed by atoms with Gasteiger partial charge in [0.1, 0.15) is 11.6 Å². The number of carbonyl (C=O) groups excluding carboxylic acids is 1. The molecular formula is C14H17F2NO2. The van der Waals surface area contributed by atoms with Gasteiger partial charge in [-0.05, 0) is 31.0 Å². The van der Waals surface area contributed by atoms with Crippen molar-refractivity contribution in [1.82, 2.24) is 4.90 Å². The van der Waals surface area contributed by atoms with Crippen LogP contribution in [0.15, 0.2) is 18.2 Å². The van der Waals surface area contributed by atoms with Gasteiger partial charge in [0.2, 0.25) is 0 Å². The first kappa shape index (κ1) is 14.1. The van der Waals surface area contributed by atoms with Gasteiger partial charge in [-0.25, -0.2) is 8.78 Å². The van der Waals surface area contributed by atoms with Crippen LogP contribution in [0.5, 0.6) is 0 Å².